The Morgan fingerprint density at radius 1 is 1.06 bits per heavy atom. The summed E-state index contributed by atoms with van der Waals surface area (Å²) >= 11 is 0. The van der Waals surface area contributed by atoms with E-state index in [-0.39, 0.29) is 12.6 Å². The SMILES string of the molecule is Cc1ccc(C=N[C@H](CO)c2ccccc2)cc1. The Balaban J connectivity index is 2.13. The highest BCUT2D eigenvalue weighted by Gasteiger charge is 2.06. The van der Waals surface area contributed by atoms with Crippen LogP contribution in [0.3, 0.4) is 0 Å². The molecule has 0 saturated carbocycles. The molecule has 0 aliphatic rings. The van der Waals surface area contributed by atoms with Crippen molar-refractivity contribution >= 4 is 6.21 Å². The molecule has 0 amide bonds. The van der Waals surface area contributed by atoms with Gasteiger partial charge in [-0.25, -0.2) is 0 Å². The van der Waals surface area contributed by atoms with Crippen molar-refractivity contribution in [2.24, 2.45) is 4.99 Å². The molecule has 0 heterocycles. The summed E-state index contributed by atoms with van der Waals surface area (Å²) in [5.41, 5.74) is 3.31. The van der Waals surface area contributed by atoms with Crippen LogP contribution in [0.2, 0.25) is 0 Å². The zero-order chi connectivity index (χ0) is 12.8. The van der Waals surface area contributed by atoms with Gasteiger partial charge in [-0.2, -0.15) is 0 Å². The Kier molecular flexibility index (Phi) is 4.26. The van der Waals surface area contributed by atoms with Crippen LogP contribution in [-0.4, -0.2) is 17.9 Å². The van der Waals surface area contributed by atoms with Gasteiger partial charge in [0.2, 0.25) is 0 Å². The second kappa shape index (κ2) is 6.12. The summed E-state index contributed by atoms with van der Waals surface area (Å²) in [5.74, 6) is 0. The van der Waals surface area contributed by atoms with Crippen LogP contribution in [0, 0.1) is 6.92 Å². The largest absolute Gasteiger partial charge is 0.394 e. The summed E-state index contributed by atoms with van der Waals surface area (Å²) in [6.45, 7) is 2.08. The Morgan fingerprint density at radius 3 is 2.33 bits per heavy atom. The van der Waals surface area contributed by atoms with E-state index in [2.05, 4.69) is 24.0 Å². The van der Waals surface area contributed by atoms with E-state index in [1.165, 1.54) is 5.56 Å². The number of aryl methyl sites for hydroxylation is 1. The third kappa shape index (κ3) is 3.28. The fraction of sp³-hybridized carbons (Fsp3) is 0.188. The number of aliphatic hydroxyl groups is 1. The maximum absolute atomic E-state index is 9.39. The minimum atomic E-state index is -0.187. The van der Waals surface area contributed by atoms with Crippen LogP contribution < -0.4 is 0 Å². The van der Waals surface area contributed by atoms with Crippen molar-refractivity contribution in [1.29, 1.82) is 0 Å². The first-order valence-electron chi connectivity index (χ1n) is 6.05. The first-order chi connectivity index (χ1) is 8.79. The van der Waals surface area contributed by atoms with Crippen molar-refractivity contribution in [3.63, 3.8) is 0 Å². The van der Waals surface area contributed by atoms with Crippen LogP contribution in [0.5, 0.6) is 0 Å². The molecule has 2 aromatic rings. The minimum Gasteiger partial charge on any atom is -0.394 e. The molecule has 0 spiro atoms. The number of benzene rings is 2. The zero-order valence-corrected chi connectivity index (χ0v) is 10.5. The topological polar surface area (TPSA) is 32.6 Å². The molecular weight excluding hydrogens is 222 g/mol. The van der Waals surface area contributed by atoms with Crippen molar-refractivity contribution in [2.75, 3.05) is 6.61 Å². The van der Waals surface area contributed by atoms with Gasteiger partial charge in [0.1, 0.15) is 0 Å². The molecule has 0 saturated heterocycles. The van der Waals surface area contributed by atoms with E-state index in [4.69, 9.17) is 0 Å². The van der Waals surface area contributed by atoms with Crippen LogP contribution in [0.1, 0.15) is 22.7 Å². The molecule has 0 aromatic heterocycles. The van der Waals surface area contributed by atoms with E-state index < -0.39 is 0 Å². The molecule has 2 nitrogen and oxygen atoms in total. The maximum Gasteiger partial charge on any atom is 0.0979 e. The molecular formula is C16H17NO. The lowest BCUT2D eigenvalue weighted by molar-refractivity contribution is 0.269. The fourth-order valence-corrected chi connectivity index (χ4v) is 1.74. The smallest absolute Gasteiger partial charge is 0.0979 e. The summed E-state index contributed by atoms with van der Waals surface area (Å²) < 4.78 is 0. The molecule has 2 heteroatoms. The van der Waals surface area contributed by atoms with E-state index in [0.717, 1.165) is 11.1 Å². The van der Waals surface area contributed by atoms with Gasteiger partial charge in [-0.3, -0.25) is 4.99 Å². The first-order valence-corrected chi connectivity index (χ1v) is 6.05. The van der Waals surface area contributed by atoms with E-state index in [9.17, 15) is 5.11 Å². The van der Waals surface area contributed by atoms with Crippen molar-refractivity contribution < 1.29 is 5.11 Å². The molecule has 0 bridgehead atoms. The quantitative estimate of drug-likeness (QED) is 0.817. The number of hydrogen-bond donors (Lipinski definition) is 1. The lowest BCUT2D eigenvalue weighted by atomic mass is 10.1. The van der Waals surface area contributed by atoms with Gasteiger partial charge in [-0.1, -0.05) is 60.2 Å². The Hall–Kier alpha value is -1.93. The fourth-order valence-electron chi connectivity index (χ4n) is 1.74. The predicted molar refractivity (Wildman–Crippen MR) is 75.0 cm³/mol. The standard InChI is InChI=1S/C16H17NO/c1-13-7-9-14(10-8-13)11-17-16(12-18)15-5-3-2-4-6-15/h2-11,16,18H,12H2,1H3/t16-/m1/s1. The van der Waals surface area contributed by atoms with Gasteiger partial charge < -0.3 is 5.11 Å². The van der Waals surface area contributed by atoms with E-state index in [1.807, 2.05) is 48.7 Å². The van der Waals surface area contributed by atoms with Crippen LogP contribution in [0.15, 0.2) is 59.6 Å². The highest BCUT2D eigenvalue weighted by Crippen LogP contribution is 2.16. The molecule has 0 fully saturated rings. The summed E-state index contributed by atoms with van der Waals surface area (Å²) in [5, 5.41) is 9.39. The van der Waals surface area contributed by atoms with Gasteiger partial charge >= 0.3 is 0 Å². The first kappa shape index (κ1) is 12.5. The van der Waals surface area contributed by atoms with E-state index >= 15 is 0 Å². The molecule has 1 N–H and O–H groups in total. The minimum absolute atomic E-state index is 0.0202. The van der Waals surface area contributed by atoms with Crippen molar-refractivity contribution in [2.45, 2.75) is 13.0 Å². The predicted octanol–water partition coefficient (Wildman–Crippen LogP) is 3.15. The van der Waals surface area contributed by atoms with E-state index in [1.54, 1.807) is 0 Å². The average Bonchev–Trinajstić information content (AvgIpc) is 2.43. The van der Waals surface area contributed by atoms with Gasteiger partial charge in [0, 0.05) is 6.21 Å². The third-order valence-electron chi connectivity index (χ3n) is 2.84. The molecule has 18 heavy (non-hydrogen) atoms. The second-order valence-electron chi connectivity index (χ2n) is 4.30. The van der Waals surface area contributed by atoms with Crippen molar-refractivity contribution in [3.8, 4) is 0 Å². The van der Waals surface area contributed by atoms with Crippen molar-refractivity contribution in [3.05, 3.63) is 71.3 Å². The lowest BCUT2D eigenvalue weighted by Gasteiger charge is -2.08. The summed E-state index contributed by atoms with van der Waals surface area (Å²) in [6.07, 6.45) is 1.81. The van der Waals surface area contributed by atoms with Gasteiger partial charge in [-0.15, -0.1) is 0 Å². The number of nitrogens with zero attached hydrogens (tertiary/aromatic N) is 1. The van der Waals surface area contributed by atoms with Gasteiger partial charge in [0.25, 0.3) is 0 Å². The van der Waals surface area contributed by atoms with Crippen LogP contribution in [0.25, 0.3) is 0 Å². The average molecular weight is 239 g/mol. The third-order valence-corrected chi connectivity index (χ3v) is 2.84. The normalized spacial score (nSPS) is 12.8. The van der Waals surface area contributed by atoms with Gasteiger partial charge in [0.15, 0.2) is 0 Å². The number of aliphatic hydroxyl groups excluding tert-OH is 1. The highest BCUT2D eigenvalue weighted by molar-refractivity contribution is 5.79. The molecule has 0 unspecified atom stereocenters. The maximum atomic E-state index is 9.39. The number of aliphatic imine (C=N–C) groups is 1. The highest BCUT2D eigenvalue weighted by atomic mass is 16.3. The summed E-state index contributed by atoms with van der Waals surface area (Å²) in [4.78, 5) is 4.44. The summed E-state index contributed by atoms with van der Waals surface area (Å²) in [6, 6.07) is 17.8. The Bertz CT molecular complexity index is 502. The van der Waals surface area contributed by atoms with Gasteiger partial charge in [-0.05, 0) is 18.1 Å². The number of hydrogen-bond acceptors (Lipinski definition) is 2. The molecule has 2 aromatic carbocycles. The monoisotopic (exact) mass is 239 g/mol. The van der Waals surface area contributed by atoms with Crippen LogP contribution >= 0.6 is 0 Å². The molecule has 0 aliphatic carbocycles. The number of rotatable bonds is 4. The van der Waals surface area contributed by atoms with Crippen molar-refractivity contribution in [1.82, 2.24) is 0 Å². The second-order valence-corrected chi connectivity index (χ2v) is 4.30. The molecule has 1 atom stereocenters. The van der Waals surface area contributed by atoms with Crippen LogP contribution in [-0.2, 0) is 0 Å². The zero-order valence-electron chi connectivity index (χ0n) is 10.5. The Morgan fingerprint density at radius 2 is 1.72 bits per heavy atom. The molecule has 0 aliphatic heterocycles. The molecule has 92 valence electrons. The lowest BCUT2D eigenvalue weighted by Crippen LogP contribution is -2.01. The Labute approximate surface area is 108 Å². The summed E-state index contributed by atoms with van der Waals surface area (Å²) in [7, 11) is 0. The molecule has 0 radical (unpaired) electrons. The van der Waals surface area contributed by atoms with E-state index in [0.29, 0.717) is 0 Å². The van der Waals surface area contributed by atoms with Crippen LogP contribution in [0.4, 0.5) is 0 Å². The molecule has 2 rings (SSSR count). The van der Waals surface area contributed by atoms with Gasteiger partial charge in [0.05, 0.1) is 12.6 Å².